The molecule has 0 fully saturated rings. The van der Waals surface area contributed by atoms with Gasteiger partial charge in [0.05, 0.1) is 28.7 Å². The number of non-ortho nitro benzene ring substituents is 1. The Morgan fingerprint density at radius 3 is 3.00 bits per heavy atom. The number of benzene rings is 1. The summed E-state index contributed by atoms with van der Waals surface area (Å²) >= 11 is 1.47. The van der Waals surface area contributed by atoms with E-state index in [4.69, 9.17) is 9.15 Å². The fourth-order valence-corrected chi connectivity index (χ4v) is 3.20. The average Bonchev–Trinajstić information content (AvgIpc) is 3.13. The lowest BCUT2D eigenvalue weighted by molar-refractivity contribution is -0.384. The quantitative estimate of drug-likeness (QED) is 0.501. The Morgan fingerprint density at radius 1 is 1.50 bits per heavy atom. The van der Waals surface area contributed by atoms with Gasteiger partial charge in [0.1, 0.15) is 11.1 Å². The van der Waals surface area contributed by atoms with E-state index in [2.05, 4.69) is 4.98 Å². The van der Waals surface area contributed by atoms with Gasteiger partial charge in [0.25, 0.3) is 5.69 Å². The highest BCUT2D eigenvalue weighted by Gasteiger charge is 2.16. The predicted octanol–water partition coefficient (Wildman–Crippen LogP) is 3.11. The number of fused-ring (bicyclic) bond motifs is 1. The van der Waals surface area contributed by atoms with E-state index in [1.54, 1.807) is 0 Å². The largest absolute Gasteiger partial charge is 0.420 e. The molecule has 2 aromatic heterocycles. The molecule has 0 saturated carbocycles. The molecule has 0 aliphatic carbocycles. The Morgan fingerprint density at radius 2 is 2.29 bits per heavy atom. The minimum Gasteiger partial charge on any atom is -0.407 e. The van der Waals surface area contributed by atoms with E-state index in [1.807, 2.05) is 19.2 Å². The summed E-state index contributed by atoms with van der Waals surface area (Å²) < 4.78 is 12.0. The summed E-state index contributed by atoms with van der Waals surface area (Å²) in [6, 6.07) is 4.10. The second-order valence-electron chi connectivity index (χ2n) is 5.14. The van der Waals surface area contributed by atoms with Crippen LogP contribution in [0.25, 0.3) is 11.1 Å². The Hall–Kier alpha value is -2.52. The third-order valence-electron chi connectivity index (χ3n) is 3.52. The van der Waals surface area contributed by atoms with Crippen molar-refractivity contribution in [3.05, 3.63) is 54.9 Å². The number of nitro benzene ring substituents is 1. The van der Waals surface area contributed by atoms with E-state index in [9.17, 15) is 14.9 Å². The predicted molar refractivity (Wildman–Crippen MR) is 88.4 cm³/mol. The normalized spacial score (nSPS) is 12.6. The highest BCUT2D eigenvalue weighted by Crippen LogP contribution is 2.23. The molecule has 0 aliphatic heterocycles. The van der Waals surface area contributed by atoms with E-state index in [-0.39, 0.29) is 23.9 Å². The lowest BCUT2D eigenvalue weighted by Crippen LogP contribution is -2.15. The number of oxazole rings is 1. The molecule has 0 amide bonds. The van der Waals surface area contributed by atoms with Crippen LogP contribution in [0.1, 0.15) is 30.7 Å². The summed E-state index contributed by atoms with van der Waals surface area (Å²) in [6.07, 6.45) is -0.103. The van der Waals surface area contributed by atoms with Crippen molar-refractivity contribution in [2.24, 2.45) is 0 Å². The molecule has 2 heterocycles. The Labute approximate surface area is 140 Å². The molecule has 0 aliphatic rings. The van der Waals surface area contributed by atoms with Crippen LogP contribution in [0.3, 0.4) is 0 Å². The third kappa shape index (κ3) is 3.08. The molecule has 3 rings (SSSR count). The summed E-state index contributed by atoms with van der Waals surface area (Å²) in [5, 5.41) is 13.5. The lowest BCUT2D eigenvalue weighted by atomic mass is 10.3. The van der Waals surface area contributed by atoms with E-state index in [0.29, 0.717) is 17.8 Å². The van der Waals surface area contributed by atoms with Crippen molar-refractivity contribution in [2.75, 3.05) is 6.61 Å². The van der Waals surface area contributed by atoms with E-state index in [0.717, 1.165) is 5.01 Å². The van der Waals surface area contributed by atoms with Crippen LogP contribution in [-0.4, -0.2) is 21.1 Å². The first-order valence-corrected chi connectivity index (χ1v) is 8.21. The Kier molecular flexibility index (Phi) is 4.45. The number of thiazole rings is 1. The first-order chi connectivity index (χ1) is 11.5. The molecule has 1 aromatic carbocycles. The van der Waals surface area contributed by atoms with E-state index < -0.39 is 10.7 Å². The summed E-state index contributed by atoms with van der Waals surface area (Å²) in [5.41, 5.74) is 1.28. The maximum atomic E-state index is 12.0. The van der Waals surface area contributed by atoms with Crippen LogP contribution in [0.2, 0.25) is 0 Å². The fraction of sp³-hybridized carbons (Fsp3) is 0.333. The molecule has 0 bridgehead atoms. The second kappa shape index (κ2) is 6.54. The minimum absolute atomic E-state index is 0.103. The fourth-order valence-electron chi connectivity index (χ4n) is 2.38. The van der Waals surface area contributed by atoms with Crippen molar-refractivity contribution < 1.29 is 14.1 Å². The smallest absolute Gasteiger partial charge is 0.407 e. The zero-order valence-corrected chi connectivity index (χ0v) is 13.9. The standard InChI is InChI=1S/C15H15N3O5S/c1-3-22-9(2)14-16-10(8-24-14)7-17-12-5-4-11(18(20)21)6-13(12)23-15(17)19/h4-6,8-9H,3,7H2,1-2H3/t9-/m1/s1. The van der Waals surface area contributed by atoms with Gasteiger partial charge in [-0.2, -0.15) is 0 Å². The monoisotopic (exact) mass is 349 g/mol. The van der Waals surface area contributed by atoms with Gasteiger partial charge in [0.15, 0.2) is 5.58 Å². The zero-order chi connectivity index (χ0) is 17.3. The minimum atomic E-state index is -0.571. The number of rotatable bonds is 6. The molecular weight excluding hydrogens is 334 g/mol. The molecule has 24 heavy (non-hydrogen) atoms. The molecule has 0 saturated heterocycles. The van der Waals surface area contributed by atoms with Gasteiger partial charge in [0, 0.05) is 18.1 Å². The number of hydrogen-bond donors (Lipinski definition) is 0. The van der Waals surface area contributed by atoms with Crippen LogP contribution in [0.15, 0.2) is 32.8 Å². The first kappa shape index (κ1) is 16.3. The number of ether oxygens (including phenoxy) is 1. The van der Waals surface area contributed by atoms with Crippen LogP contribution < -0.4 is 5.76 Å². The van der Waals surface area contributed by atoms with Crippen molar-refractivity contribution in [3.8, 4) is 0 Å². The van der Waals surface area contributed by atoms with Crippen LogP contribution in [-0.2, 0) is 11.3 Å². The molecular formula is C15H15N3O5S. The summed E-state index contributed by atoms with van der Waals surface area (Å²) in [6.45, 7) is 4.67. The summed E-state index contributed by atoms with van der Waals surface area (Å²) in [7, 11) is 0. The average molecular weight is 349 g/mol. The number of nitro groups is 1. The van der Waals surface area contributed by atoms with Gasteiger partial charge in [0.2, 0.25) is 0 Å². The van der Waals surface area contributed by atoms with Crippen LogP contribution in [0.4, 0.5) is 5.69 Å². The molecule has 0 N–H and O–H groups in total. The van der Waals surface area contributed by atoms with Crippen molar-refractivity contribution >= 4 is 28.1 Å². The molecule has 0 unspecified atom stereocenters. The van der Waals surface area contributed by atoms with Crippen molar-refractivity contribution in [1.82, 2.24) is 9.55 Å². The number of nitrogens with zero attached hydrogens (tertiary/aromatic N) is 3. The molecule has 1 atom stereocenters. The third-order valence-corrected chi connectivity index (χ3v) is 4.57. The SMILES string of the molecule is CCO[C@H](C)c1nc(Cn2c(=O)oc3cc([N+](=O)[O-])ccc32)cs1. The Bertz CT molecular complexity index is 942. The van der Waals surface area contributed by atoms with Gasteiger partial charge in [-0.25, -0.2) is 9.78 Å². The van der Waals surface area contributed by atoms with Crippen LogP contribution in [0.5, 0.6) is 0 Å². The highest BCUT2D eigenvalue weighted by atomic mass is 32.1. The zero-order valence-electron chi connectivity index (χ0n) is 13.1. The second-order valence-corrected chi connectivity index (χ2v) is 6.03. The van der Waals surface area contributed by atoms with Crippen molar-refractivity contribution in [1.29, 1.82) is 0 Å². The molecule has 8 nitrogen and oxygen atoms in total. The molecule has 9 heteroatoms. The maximum absolute atomic E-state index is 12.0. The van der Waals surface area contributed by atoms with Gasteiger partial charge >= 0.3 is 5.76 Å². The first-order valence-electron chi connectivity index (χ1n) is 7.33. The van der Waals surface area contributed by atoms with Gasteiger partial charge in [-0.05, 0) is 19.9 Å². The molecule has 0 spiro atoms. The van der Waals surface area contributed by atoms with Gasteiger partial charge < -0.3 is 9.15 Å². The molecule has 126 valence electrons. The maximum Gasteiger partial charge on any atom is 0.420 e. The van der Waals surface area contributed by atoms with Crippen LogP contribution >= 0.6 is 11.3 Å². The van der Waals surface area contributed by atoms with Gasteiger partial charge in [-0.1, -0.05) is 0 Å². The van der Waals surface area contributed by atoms with Crippen molar-refractivity contribution in [2.45, 2.75) is 26.5 Å². The highest BCUT2D eigenvalue weighted by molar-refractivity contribution is 7.09. The van der Waals surface area contributed by atoms with E-state index >= 15 is 0 Å². The summed E-state index contributed by atoms with van der Waals surface area (Å²) in [5.74, 6) is -0.571. The molecule has 3 aromatic rings. The van der Waals surface area contributed by atoms with Crippen LogP contribution in [0, 0.1) is 10.1 Å². The van der Waals surface area contributed by atoms with Gasteiger partial charge in [-0.15, -0.1) is 11.3 Å². The van der Waals surface area contributed by atoms with Crippen molar-refractivity contribution in [3.63, 3.8) is 0 Å². The number of hydrogen-bond acceptors (Lipinski definition) is 7. The summed E-state index contributed by atoms with van der Waals surface area (Å²) in [4.78, 5) is 26.8. The number of aromatic nitrogens is 2. The molecule has 0 radical (unpaired) electrons. The van der Waals surface area contributed by atoms with E-state index in [1.165, 1.54) is 34.1 Å². The lowest BCUT2D eigenvalue weighted by Gasteiger charge is -2.07. The topological polar surface area (TPSA) is 100 Å². The Balaban J connectivity index is 1.91. The van der Waals surface area contributed by atoms with Gasteiger partial charge in [-0.3, -0.25) is 14.7 Å².